The number of anilines is 2. The fourth-order valence-corrected chi connectivity index (χ4v) is 6.22. The minimum absolute atomic E-state index is 0.00163. The number of nitrogens with zero attached hydrogens (tertiary/aromatic N) is 3. The third-order valence-electron chi connectivity index (χ3n) is 8.24. The van der Waals surface area contributed by atoms with E-state index in [0.717, 1.165) is 31.7 Å². The van der Waals surface area contributed by atoms with Gasteiger partial charge >= 0.3 is 11.9 Å². The van der Waals surface area contributed by atoms with Crippen LogP contribution in [0.5, 0.6) is 11.5 Å². The molecule has 2 aromatic heterocycles. The number of pyridine rings is 2. The molecule has 2 saturated heterocycles. The SMILES string of the molecule is CCOC(=O)c1c(N2CCCC2)[nH]c(=O)c(C(c2ccccc2[N+](=O)[O-])c2c(O)c(C(=O)OCC)c(N3CCCC3)[nH]c2=O)c1O. The van der Waals surface area contributed by atoms with Crippen LogP contribution in [0.25, 0.3) is 0 Å². The topological polar surface area (TPSA) is 208 Å². The summed E-state index contributed by atoms with van der Waals surface area (Å²) < 4.78 is 10.4. The zero-order valence-electron chi connectivity index (χ0n) is 25.5. The maximum Gasteiger partial charge on any atom is 0.345 e. The molecule has 5 rings (SSSR count). The van der Waals surface area contributed by atoms with Crippen LogP contribution in [0.15, 0.2) is 33.9 Å². The fourth-order valence-electron chi connectivity index (χ4n) is 6.22. The monoisotopic (exact) mass is 637 g/mol. The second-order valence-electron chi connectivity index (χ2n) is 11.0. The van der Waals surface area contributed by atoms with E-state index in [1.807, 2.05) is 0 Å². The van der Waals surface area contributed by atoms with E-state index < -0.39 is 73.3 Å². The van der Waals surface area contributed by atoms with Gasteiger partial charge in [-0.3, -0.25) is 19.7 Å². The average molecular weight is 638 g/mol. The highest BCUT2D eigenvalue weighted by atomic mass is 16.6. The summed E-state index contributed by atoms with van der Waals surface area (Å²) in [6.45, 7) is 4.85. The van der Waals surface area contributed by atoms with Gasteiger partial charge in [0.25, 0.3) is 16.8 Å². The number of nitro groups is 1. The number of carbonyl (C=O) groups is 2. The van der Waals surface area contributed by atoms with E-state index in [1.165, 1.54) is 18.2 Å². The molecule has 2 fully saturated rings. The number of aromatic hydroxyl groups is 2. The van der Waals surface area contributed by atoms with Crippen molar-refractivity contribution < 1.29 is 34.2 Å². The van der Waals surface area contributed by atoms with Crippen molar-refractivity contribution in [3.05, 3.63) is 82.9 Å². The number of rotatable bonds is 10. The van der Waals surface area contributed by atoms with Crippen molar-refractivity contribution in [2.24, 2.45) is 0 Å². The Morgan fingerprint density at radius 3 is 1.63 bits per heavy atom. The van der Waals surface area contributed by atoms with Gasteiger partial charge in [-0.1, -0.05) is 18.2 Å². The summed E-state index contributed by atoms with van der Waals surface area (Å²) in [5, 5.41) is 35.8. The van der Waals surface area contributed by atoms with Gasteiger partial charge in [-0.2, -0.15) is 0 Å². The minimum Gasteiger partial charge on any atom is -0.506 e. The van der Waals surface area contributed by atoms with Crippen molar-refractivity contribution in [1.82, 2.24) is 9.97 Å². The number of benzene rings is 1. The third-order valence-corrected chi connectivity index (χ3v) is 8.24. The van der Waals surface area contributed by atoms with Gasteiger partial charge in [0.2, 0.25) is 0 Å². The van der Waals surface area contributed by atoms with Crippen LogP contribution in [0.3, 0.4) is 0 Å². The number of para-hydroxylation sites is 1. The van der Waals surface area contributed by atoms with Crippen molar-refractivity contribution in [2.45, 2.75) is 45.4 Å². The van der Waals surface area contributed by atoms with Crippen LogP contribution >= 0.6 is 0 Å². The Bertz CT molecular complexity index is 1690. The highest BCUT2D eigenvalue weighted by molar-refractivity contribution is 6.00. The molecule has 46 heavy (non-hydrogen) atoms. The molecule has 0 radical (unpaired) electrons. The first-order valence-electron chi connectivity index (χ1n) is 15.2. The molecule has 0 spiro atoms. The Balaban J connectivity index is 1.89. The molecule has 0 unspecified atom stereocenters. The van der Waals surface area contributed by atoms with Gasteiger partial charge < -0.3 is 39.5 Å². The van der Waals surface area contributed by atoms with Crippen LogP contribution < -0.4 is 20.9 Å². The Hall–Kier alpha value is -5.34. The molecule has 2 aliphatic heterocycles. The van der Waals surface area contributed by atoms with E-state index in [1.54, 1.807) is 23.6 Å². The number of aromatic nitrogens is 2. The van der Waals surface area contributed by atoms with Gasteiger partial charge in [0.1, 0.15) is 34.3 Å². The van der Waals surface area contributed by atoms with Crippen LogP contribution in [0.1, 0.15) is 82.9 Å². The molecule has 0 atom stereocenters. The predicted octanol–water partition coefficient (Wildman–Crippen LogP) is 3.12. The van der Waals surface area contributed by atoms with E-state index in [9.17, 15) is 39.5 Å². The molecule has 15 heteroatoms. The zero-order valence-corrected chi connectivity index (χ0v) is 25.5. The molecule has 15 nitrogen and oxygen atoms in total. The van der Waals surface area contributed by atoms with Crippen LogP contribution in [-0.4, -0.2) is 76.4 Å². The Morgan fingerprint density at radius 1 is 0.826 bits per heavy atom. The zero-order chi connectivity index (χ0) is 33.1. The molecule has 1 aromatic carbocycles. The number of hydrogen-bond acceptors (Lipinski definition) is 12. The first-order chi connectivity index (χ1) is 22.1. The number of H-pyrrole nitrogens is 2. The maximum absolute atomic E-state index is 14.0. The smallest absolute Gasteiger partial charge is 0.345 e. The van der Waals surface area contributed by atoms with Crippen molar-refractivity contribution in [2.75, 3.05) is 49.2 Å². The molecule has 4 N–H and O–H groups in total. The Morgan fingerprint density at radius 2 is 1.24 bits per heavy atom. The molecule has 0 saturated carbocycles. The fraction of sp³-hybridized carbons (Fsp3) is 0.419. The number of nitrogens with one attached hydrogen (secondary N) is 2. The summed E-state index contributed by atoms with van der Waals surface area (Å²) in [4.78, 5) is 74.7. The summed E-state index contributed by atoms with van der Waals surface area (Å²) in [5.74, 6) is -5.56. The predicted molar refractivity (Wildman–Crippen MR) is 166 cm³/mol. The summed E-state index contributed by atoms with van der Waals surface area (Å²) in [6, 6.07) is 5.18. The molecule has 2 aliphatic rings. The summed E-state index contributed by atoms with van der Waals surface area (Å²) in [7, 11) is 0. The van der Waals surface area contributed by atoms with Gasteiger partial charge in [0, 0.05) is 37.8 Å². The highest BCUT2D eigenvalue weighted by Gasteiger charge is 2.40. The molecular weight excluding hydrogens is 602 g/mol. The van der Waals surface area contributed by atoms with Crippen molar-refractivity contribution in [3.63, 3.8) is 0 Å². The summed E-state index contributed by atoms with van der Waals surface area (Å²) in [5.41, 5.74) is -4.84. The van der Waals surface area contributed by atoms with Crippen molar-refractivity contribution in [3.8, 4) is 11.5 Å². The van der Waals surface area contributed by atoms with E-state index in [4.69, 9.17) is 9.47 Å². The van der Waals surface area contributed by atoms with Gasteiger partial charge in [-0.15, -0.1) is 0 Å². The van der Waals surface area contributed by atoms with Crippen LogP contribution in [0.4, 0.5) is 17.3 Å². The second-order valence-corrected chi connectivity index (χ2v) is 11.0. The molecule has 4 heterocycles. The van der Waals surface area contributed by atoms with Gasteiger partial charge in [-0.05, 0) is 39.5 Å². The highest BCUT2D eigenvalue weighted by Crippen LogP contribution is 2.45. The molecule has 244 valence electrons. The Kier molecular flexibility index (Phi) is 9.30. The lowest BCUT2D eigenvalue weighted by Crippen LogP contribution is -2.32. The number of esters is 2. The summed E-state index contributed by atoms with van der Waals surface area (Å²) in [6.07, 6.45) is 3.04. The number of aromatic amines is 2. The average Bonchev–Trinajstić information content (AvgIpc) is 3.75. The van der Waals surface area contributed by atoms with E-state index in [0.29, 0.717) is 26.2 Å². The van der Waals surface area contributed by atoms with Gasteiger partial charge in [0.05, 0.1) is 35.2 Å². The number of nitro benzene ring substituents is 1. The number of hydrogen-bond donors (Lipinski definition) is 4. The van der Waals surface area contributed by atoms with E-state index in [2.05, 4.69) is 9.97 Å². The van der Waals surface area contributed by atoms with Crippen molar-refractivity contribution in [1.29, 1.82) is 0 Å². The maximum atomic E-state index is 14.0. The van der Waals surface area contributed by atoms with Gasteiger partial charge in [0.15, 0.2) is 0 Å². The summed E-state index contributed by atoms with van der Waals surface area (Å²) >= 11 is 0. The van der Waals surface area contributed by atoms with Crippen LogP contribution in [0.2, 0.25) is 0 Å². The second kappa shape index (κ2) is 13.3. The molecule has 3 aromatic rings. The first-order valence-corrected chi connectivity index (χ1v) is 15.2. The molecular formula is C31H35N5O10. The van der Waals surface area contributed by atoms with Crippen LogP contribution in [0, 0.1) is 10.1 Å². The van der Waals surface area contributed by atoms with Crippen molar-refractivity contribution >= 4 is 29.3 Å². The van der Waals surface area contributed by atoms with Crippen LogP contribution in [-0.2, 0) is 9.47 Å². The standard InChI is InChI=1S/C31H35N5O10/c1-3-45-30(41)22-24(37)20(28(39)32-26(22)34-13-7-8-14-34)19(17-11-5-6-12-18(17)36(43)44)21-25(38)23(31(42)46-4-2)27(33-29(21)40)35-15-9-10-16-35/h5-6,11-12,19H,3-4,7-10,13-16H2,1-2H3,(H2,32,37,39)(H2,33,38,40). The first kappa shape index (κ1) is 32.1. The molecule has 0 aliphatic carbocycles. The number of carbonyl (C=O) groups excluding carboxylic acids is 2. The minimum atomic E-state index is -1.84. The third kappa shape index (κ3) is 5.75. The quantitative estimate of drug-likeness (QED) is 0.144. The van der Waals surface area contributed by atoms with Gasteiger partial charge in [-0.25, -0.2) is 9.59 Å². The lowest BCUT2D eigenvalue weighted by atomic mass is 9.83. The molecule has 0 bridgehead atoms. The Labute approximate surface area is 262 Å². The number of ether oxygens (including phenoxy) is 2. The molecule has 0 amide bonds. The largest absolute Gasteiger partial charge is 0.506 e. The lowest BCUT2D eigenvalue weighted by Gasteiger charge is -2.26. The normalized spacial score (nSPS) is 14.6. The van der Waals surface area contributed by atoms with E-state index in [-0.39, 0.29) is 30.4 Å². The van der Waals surface area contributed by atoms with E-state index >= 15 is 0 Å². The lowest BCUT2D eigenvalue weighted by molar-refractivity contribution is -0.385.